The third-order valence-electron chi connectivity index (χ3n) is 5.55. The summed E-state index contributed by atoms with van der Waals surface area (Å²) in [7, 11) is 0. The van der Waals surface area contributed by atoms with Crippen LogP contribution in [0.4, 0.5) is 14.6 Å². The number of alkyl halides is 2. The third-order valence-corrected chi connectivity index (χ3v) is 5.55. The number of carbonyl (C=O) groups excluding carboxylic acids is 1. The largest absolute Gasteiger partial charge is 0.364 e. The van der Waals surface area contributed by atoms with Crippen LogP contribution in [0.15, 0.2) is 58.3 Å². The van der Waals surface area contributed by atoms with E-state index in [9.17, 15) is 18.4 Å². The number of amides is 1. The Hall–Kier alpha value is -3.40. The molecular weight excluding hydrogens is 408 g/mol. The van der Waals surface area contributed by atoms with Crippen molar-refractivity contribution in [3.8, 4) is 11.3 Å². The van der Waals surface area contributed by atoms with Gasteiger partial charge < -0.3 is 14.8 Å². The Kier molecular flexibility index (Phi) is 5.64. The van der Waals surface area contributed by atoms with Crippen LogP contribution in [0.2, 0.25) is 0 Å². The van der Waals surface area contributed by atoms with E-state index in [2.05, 4.69) is 20.4 Å². The molecule has 0 aliphatic carbocycles. The topological polar surface area (TPSA) is 104 Å². The second-order valence-corrected chi connectivity index (χ2v) is 7.53. The highest BCUT2D eigenvalue weighted by atomic mass is 19.3. The number of piperidine rings is 1. The molecule has 2 unspecified atom stereocenters. The fourth-order valence-corrected chi connectivity index (χ4v) is 3.64. The molecule has 8 nitrogen and oxygen atoms in total. The van der Waals surface area contributed by atoms with Crippen LogP contribution >= 0.6 is 0 Å². The van der Waals surface area contributed by atoms with Gasteiger partial charge in [-0.3, -0.25) is 14.5 Å². The number of hydrogen-bond donors (Lipinski definition) is 2. The molecule has 4 heterocycles. The SMILES string of the molecule is CC(C(=O)Nc1ccc(-c2ccon2)cn1)N1CCC(F)(F)C(c2ccc(=O)[nH]c2)C1. The molecule has 0 radical (unpaired) electrons. The quantitative estimate of drug-likeness (QED) is 0.646. The number of likely N-dealkylation sites (tertiary alicyclic amines) is 1. The van der Waals surface area contributed by atoms with E-state index in [1.807, 2.05) is 0 Å². The maximum absolute atomic E-state index is 14.6. The first-order valence-corrected chi connectivity index (χ1v) is 9.82. The highest BCUT2D eigenvalue weighted by Gasteiger charge is 2.46. The summed E-state index contributed by atoms with van der Waals surface area (Å²) in [5.41, 5.74) is 1.35. The summed E-state index contributed by atoms with van der Waals surface area (Å²) in [5, 5.41) is 6.55. The van der Waals surface area contributed by atoms with Crippen molar-refractivity contribution in [2.45, 2.75) is 31.2 Å². The first-order chi connectivity index (χ1) is 14.8. The van der Waals surface area contributed by atoms with E-state index in [1.54, 1.807) is 36.2 Å². The van der Waals surface area contributed by atoms with E-state index in [0.717, 1.165) is 5.56 Å². The summed E-state index contributed by atoms with van der Waals surface area (Å²) in [5.74, 6) is -4.03. The fourth-order valence-electron chi connectivity index (χ4n) is 3.64. The number of carbonyl (C=O) groups is 1. The van der Waals surface area contributed by atoms with Gasteiger partial charge >= 0.3 is 0 Å². The summed E-state index contributed by atoms with van der Waals surface area (Å²) < 4.78 is 33.9. The van der Waals surface area contributed by atoms with Gasteiger partial charge in [-0.15, -0.1) is 0 Å². The number of nitrogens with one attached hydrogen (secondary N) is 2. The summed E-state index contributed by atoms with van der Waals surface area (Å²) in [6.45, 7) is 1.75. The Labute approximate surface area is 176 Å². The minimum Gasteiger partial charge on any atom is -0.364 e. The van der Waals surface area contributed by atoms with Crippen molar-refractivity contribution in [2.24, 2.45) is 0 Å². The Morgan fingerprint density at radius 2 is 2.16 bits per heavy atom. The van der Waals surface area contributed by atoms with Gasteiger partial charge in [0.05, 0.1) is 12.0 Å². The Bertz CT molecular complexity index is 1080. The molecule has 4 rings (SSSR count). The highest BCUT2D eigenvalue weighted by Crippen LogP contribution is 2.40. The first kappa shape index (κ1) is 20.9. The molecule has 2 atom stereocenters. The molecule has 3 aromatic heterocycles. The molecule has 1 aliphatic rings. The smallest absolute Gasteiger partial charge is 0.257 e. The third kappa shape index (κ3) is 4.53. The number of anilines is 1. The van der Waals surface area contributed by atoms with Crippen LogP contribution in [0.1, 0.15) is 24.8 Å². The average Bonchev–Trinajstić information content (AvgIpc) is 3.29. The van der Waals surface area contributed by atoms with Gasteiger partial charge in [0.2, 0.25) is 11.5 Å². The van der Waals surface area contributed by atoms with Gasteiger partial charge in [-0.05, 0) is 24.6 Å². The van der Waals surface area contributed by atoms with E-state index in [-0.39, 0.29) is 31.0 Å². The van der Waals surface area contributed by atoms with Crippen molar-refractivity contribution < 1.29 is 18.1 Å². The van der Waals surface area contributed by atoms with E-state index >= 15 is 0 Å². The monoisotopic (exact) mass is 429 g/mol. The normalized spacial score (nSPS) is 19.6. The zero-order chi connectivity index (χ0) is 22.0. The number of aromatic amines is 1. The van der Waals surface area contributed by atoms with Gasteiger partial charge in [0.25, 0.3) is 5.92 Å². The summed E-state index contributed by atoms with van der Waals surface area (Å²) in [6, 6.07) is 7.09. The molecule has 0 aromatic carbocycles. The maximum atomic E-state index is 14.6. The Balaban J connectivity index is 1.43. The number of pyridine rings is 2. The van der Waals surface area contributed by atoms with Gasteiger partial charge in [0, 0.05) is 49.6 Å². The van der Waals surface area contributed by atoms with Gasteiger partial charge in [-0.1, -0.05) is 11.2 Å². The van der Waals surface area contributed by atoms with Crippen molar-refractivity contribution in [3.05, 3.63) is 64.9 Å². The van der Waals surface area contributed by atoms with Crippen LogP contribution in [0.3, 0.4) is 0 Å². The Morgan fingerprint density at radius 1 is 1.32 bits per heavy atom. The Morgan fingerprint density at radius 3 is 2.81 bits per heavy atom. The predicted molar refractivity (Wildman–Crippen MR) is 109 cm³/mol. The summed E-state index contributed by atoms with van der Waals surface area (Å²) in [6.07, 6.45) is 3.95. The molecule has 0 saturated carbocycles. The standard InChI is InChI=1S/C21H21F2N5O3/c1-13(20(30)26-18-4-2-15(11-24-18)17-6-9-31-27-17)28-8-7-21(22,23)16(12-28)14-3-5-19(29)25-10-14/h2-6,9-11,13,16H,7-8,12H2,1H3,(H,25,29)(H,24,26,30). The molecule has 1 fully saturated rings. The van der Waals surface area contributed by atoms with Gasteiger partial charge in [0.15, 0.2) is 0 Å². The minimum absolute atomic E-state index is 0.00778. The molecule has 1 aliphatic heterocycles. The highest BCUT2D eigenvalue weighted by molar-refractivity contribution is 5.93. The van der Waals surface area contributed by atoms with Crippen LogP contribution in [-0.4, -0.2) is 51.0 Å². The number of halogens is 2. The van der Waals surface area contributed by atoms with Crippen molar-refractivity contribution in [2.75, 3.05) is 18.4 Å². The van der Waals surface area contributed by atoms with Crippen LogP contribution < -0.4 is 10.9 Å². The number of nitrogens with zero attached hydrogens (tertiary/aromatic N) is 3. The number of hydrogen-bond acceptors (Lipinski definition) is 6. The van der Waals surface area contributed by atoms with E-state index in [1.165, 1.54) is 24.6 Å². The zero-order valence-electron chi connectivity index (χ0n) is 16.7. The van der Waals surface area contributed by atoms with Crippen LogP contribution in [-0.2, 0) is 4.79 Å². The molecule has 0 spiro atoms. The maximum Gasteiger partial charge on any atom is 0.257 e. The zero-order valence-corrected chi connectivity index (χ0v) is 16.7. The van der Waals surface area contributed by atoms with Crippen molar-refractivity contribution in [3.63, 3.8) is 0 Å². The molecule has 31 heavy (non-hydrogen) atoms. The van der Waals surface area contributed by atoms with Gasteiger partial charge in [0.1, 0.15) is 17.8 Å². The number of rotatable bonds is 5. The molecular formula is C21H21F2N5O3. The first-order valence-electron chi connectivity index (χ1n) is 9.82. The number of H-pyrrole nitrogens is 1. The van der Waals surface area contributed by atoms with E-state index in [4.69, 9.17) is 4.52 Å². The minimum atomic E-state index is -2.93. The van der Waals surface area contributed by atoms with Gasteiger partial charge in [-0.2, -0.15) is 0 Å². The molecule has 1 saturated heterocycles. The molecule has 1 amide bonds. The lowest BCUT2D eigenvalue weighted by Crippen LogP contribution is -2.52. The van der Waals surface area contributed by atoms with Gasteiger partial charge in [-0.25, -0.2) is 13.8 Å². The molecule has 10 heteroatoms. The molecule has 2 N–H and O–H groups in total. The second-order valence-electron chi connectivity index (χ2n) is 7.53. The van der Waals surface area contributed by atoms with Crippen molar-refractivity contribution >= 4 is 11.7 Å². The van der Waals surface area contributed by atoms with Crippen molar-refractivity contribution in [1.29, 1.82) is 0 Å². The fraction of sp³-hybridized carbons (Fsp3) is 0.333. The van der Waals surface area contributed by atoms with Crippen LogP contribution in [0.25, 0.3) is 11.3 Å². The second kappa shape index (κ2) is 8.38. The lowest BCUT2D eigenvalue weighted by Gasteiger charge is -2.40. The summed E-state index contributed by atoms with van der Waals surface area (Å²) in [4.78, 5) is 32.4. The van der Waals surface area contributed by atoms with Crippen LogP contribution in [0, 0.1) is 0 Å². The molecule has 0 bridgehead atoms. The van der Waals surface area contributed by atoms with E-state index < -0.39 is 17.9 Å². The lowest BCUT2D eigenvalue weighted by molar-refractivity contribution is -0.125. The van der Waals surface area contributed by atoms with Crippen LogP contribution in [0.5, 0.6) is 0 Å². The number of aromatic nitrogens is 3. The summed E-state index contributed by atoms with van der Waals surface area (Å²) >= 11 is 0. The van der Waals surface area contributed by atoms with E-state index in [0.29, 0.717) is 17.1 Å². The predicted octanol–water partition coefficient (Wildman–Crippen LogP) is 2.88. The average molecular weight is 429 g/mol. The lowest BCUT2D eigenvalue weighted by atomic mass is 9.87. The molecule has 3 aromatic rings. The molecule has 162 valence electrons. The van der Waals surface area contributed by atoms with Crippen molar-refractivity contribution in [1.82, 2.24) is 20.0 Å².